The van der Waals surface area contributed by atoms with Crippen molar-refractivity contribution in [2.24, 2.45) is 23.7 Å². The second-order valence-corrected chi connectivity index (χ2v) is 4.67. The third kappa shape index (κ3) is 4.09. The number of hydrogen-bond donors (Lipinski definition) is 0. The van der Waals surface area contributed by atoms with E-state index in [-0.39, 0.29) is 44.3 Å². The first-order chi connectivity index (χ1) is 6.90. The van der Waals surface area contributed by atoms with Crippen LogP contribution in [0, 0.1) is 23.7 Å². The molecule has 0 N–H and O–H groups in total. The van der Waals surface area contributed by atoms with Crippen LogP contribution in [-0.2, 0) is 19.5 Å². The minimum absolute atomic E-state index is 0. The van der Waals surface area contributed by atoms with Gasteiger partial charge in [-0.2, -0.15) is 0 Å². The molecule has 0 spiro atoms. The molecule has 3 heteroatoms. The van der Waals surface area contributed by atoms with Gasteiger partial charge in [0.05, 0.1) is 0 Å². The van der Waals surface area contributed by atoms with Gasteiger partial charge in [-0.1, -0.05) is 48.6 Å². The molecule has 4 aliphatic rings. The van der Waals surface area contributed by atoms with Crippen LogP contribution in [0.15, 0.2) is 48.6 Å². The summed E-state index contributed by atoms with van der Waals surface area (Å²) in [5.74, 6) is 3.24. The van der Waals surface area contributed by atoms with Gasteiger partial charge < -0.3 is 24.8 Å². The van der Waals surface area contributed by atoms with Crippen LogP contribution in [0.4, 0.5) is 0 Å². The summed E-state index contributed by atoms with van der Waals surface area (Å²) in [6.45, 7) is 0. The molecule has 0 aromatic heterocycles. The van der Waals surface area contributed by atoms with Crippen molar-refractivity contribution in [3.63, 3.8) is 0 Å². The van der Waals surface area contributed by atoms with Gasteiger partial charge in [0.1, 0.15) is 0 Å². The molecular weight excluding hydrogens is 342 g/mol. The van der Waals surface area contributed by atoms with Gasteiger partial charge in [-0.05, 0) is 36.5 Å². The van der Waals surface area contributed by atoms with Gasteiger partial charge in [-0.25, -0.2) is 0 Å². The maximum atomic E-state index is 2.30. The van der Waals surface area contributed by atoms with Crippen LogP contribution in [-0.4, -0.2) is 0 Å². The van der Waals surface area contributed by atoms with Gasteiger partial charge >= 0.3 is 19.5 Å². The smallest absolute Gasteiger partial charge is 1.00 e. The molecule has 17 heavy (non-hydrogen) atoms. The molecule has 0 heterocycles. The molecule has 0 saturated carbocycles. The van der Waals surface area contributed by atoms with Crippen molar-refractivity contribution in [1.29, 1.82) is 0 Å². The Morgan fingerprint density at radius 2 is 0.647 bits per heavy atom. The Morgan fingerprint density at radius 1 is 0.471 bits per heavy atom. The SMILES string of the molecule is C1=CC2C=CC1C2.C1=CC2C=CC1C2.[Cl-].[Cl-].[Rh+2]. The zero-order chi connectivity index (χ0) is 9.38. The predicted molar refractivity (Wildman–Crippen MR) is 59.8 cm³/mol. The van der Waals surface area contributed by atoms with Gasteiger partial charge in [-0.3, -0.25) is 0 Å². The van der Waals surface area contributed by atoms with E-state index in [0.717, 1.165) is 23.7 Å². The van der Waals surface area contributed by atoms with E-state index in [1.807, 2.05) is 0 Å². The Kier molecular flexibility index (Phi) is 7.64. The van der Waals surface area contributed by atoms with Crippen LogP contribution < -0.4 is 24.8 Å². The van der Waals surface area contributed by atoms with E-state index < -0.39 is 0 Å². The Bertz CT molecular complexity index is 254. The molecule has 1 radical (unpaired) electrons. The zero-order valence-electron chi connectivity index (χ0n) is 9.43. The van der Waals surface area contributed by atoms with Gasteiger partial charge in [0, 0.05) is 0 Å². The molecule has 0 aromatic carbocycles. The second kappa shape index (κ2) is 7.57. The molecule has 0 saturated heterocycles. The molecule has 0 amide bonds. The topological polar surface area (TPSA) is 0 Å². The molecule has 4 rings (SSSR count). The minimum atomic E-state index is 0. The standard InChI is InChI=1S/2C7H8.2ClH.Rh/c2*1-2-7-4-3-6(1)5-7;;;/h2*1-4,6-7H,5H2;2*1H;/q;;;;+2/p-2. The maximum Gasteiger partial charge on any atom is 2.00 e. The van der Waals surface area contributed by atoms with Crippen molar-refractivity contribution >= 4 is 0 Å². The van der Waals surface area contributed by atoms with Crippen molar-refractivity contribution in [1.82, 2.24) is 0 Å². The molecule has 95 valence electrons. The first-order valence-corrected chi connectivity index (χ1v) is 5.63. The molecule has 0 aromatic rings. The van der Waals surface area contributed by atoms with Crippen molar-refractivity contribution in [2.75, 3.05) is 0 Å². The molecule has 4 bridgehead atoms. The summed E-state index contributed by atoms with van der Waals surface area (Å²) < 4.78 is 0. The Morgan fingerprint density at radius 3 is 0.706 bits per heavy atom. The normalized spacial score (nSPS) is 35.8. The summed E-state index contributed by atoms with van der Waals surface area (Å²) in [4.78, 5) is 0. The predicted octanol–water partition coefficient (Wildman–Crippen LogP) is -2.50. The third-order valence-electron chi connectivity index (χ3n) is 3.51. The van der Waals surface area contributed by atoms with Crippen molar-refractivity contribution < 1.29 is 44.3 Å². The molecule has 0 nitrogen and oxygen atoms in total. The fourth-order valence-corrected chi connectivity index (χ4v) is 2.66. The van der Waals surface area contributed by atoms with Gasteiger partial charge in [0.2, 0.25) is 0 Å². The second-order valence-electron chi connectivity index (χ2n) is 4.67. The van der Waals surface area contributed by atoms with E-state index in [4.69, 9.17) is 0 Å². The number of rotatable bonds is 0. The number of hydrogen-bond acceptors (Lipinski definition) is 0. The molecule has 0 atom stereocenters. The van der Waals surface area contributed by atoms with Crippen molar-refractivity contribution in [3.8, 4) is 0 Å². The quantitative estimate of drug-likeness (QED) is 0.332. The minimum Gasteiger partial charge on any atom is -1.00 e. The summed E-state index contributed by atoms with van der Waals surface area (Å²) in [6.07, 6.45) is 21.1. The average Bonchev–Trinajstić information content (AvgIpc) is 3.01. The summed E-state index contributed by atoms with van der Waals surface area (Å²) >= 11 is 0. The summed E-state index contributed by atoms with van der Waals surface area (Å²) in [7, 11) is 0. The molecular formula is C14H16Cl2Rh. The molecule has 0 unspecified atom stereocenters. The van der Waals surface area contributed by atoms with Crippen LogP contribution >= 0.6 is 0 Å². The van der Waals surface area contributed by atoms with E-state index in [1.54, 1.807) is 0 Å². The molecule has 0 aliphatic heterocycles. The number of allylic oxidation sites excluding steroid dienone is 8. The van der Waals surface area contributed by atoms with Crippen molar-refractivity contribution in [3.05, 3.63) is 48.6 Å². The summed E-state index contributed by atoms with van der Waals surface area (Å²) in [6, 6.07) is 0. The summed E-state index contributed by atoms with van der Waals surface area (Å²) in [5, 5.41) is 0. The van der Waals surface area contributed by atoms with E-state index in [9.17, 15) is 0 Å². The fourth-order valence-electron chi connectivity index (χ4n) is 2.66. The zero-order valence-corrected chi connectivity index (χ0v) is 12.6. The van der Waals surface area contributed by atoms with Crippen LogP contribution in [0.3, 0.4) is 0 Å². The van der Waals surface area contributed by atoms with Crippen molar-refractivity contribution in [2.45, 2.75) is 12.8 Å². The van der Waals surface area contributed by atoms with E-state index >= 15 is 0 Å². The van der Waals surface area contributed by atoms with Gasteiger partial charge in [0.15, 0.2) is 0 Å². The largest absolute Gasteiger partial charge is 2.00 e. The first kappa shape index (κ1) is 17.2. The van der Waals surface area contributed by atoms with Crippen LogP contribution in [0.25, 0.3) is 0 Å². The Labute approximate surface area is 129 Å². The Balaban J connectivity index is 0.000000256. The maximum absolute atomic E-state index is 2.30. The number of fused-ring (bicyclic) bond motifs is 4. The number of halogens is 2. The van der Waals surface area contributed by atoms with Gasteiger partial charge in [-0.15, -0.1) is 0 Å². The fraction of sp³-hybridized carbons (Fsp3) is 0.429. The van der Waals surface area contributed by atoms with Gasteiger partial charge in [0.25, 0.3) is 0 Å². The average molecular weight is 358 g/mol. The molecule has 4 aliphatic carbocycles. The Hall–Kier alpha value is 0.163. The monoisotopic (exact) mass is 357 g/mol. The summed E-state index contributed by atoms with van der Waals surface area (Å²) in [5.41, 5.74) is 0. The first-order valence-electron chi connectivity index (χ1n) is 5.63. The van der Waals surface area contributed by atoms with Crippen LogP contribution in [0.1, 0.15) is 12.8 Å². The van der Waals surface area contributed by atoms with E-state index in [2.05, 4.69) is 48.6 Å². The van der Waals surface area contributed by atoms with Crippen LogP contribution in [0.2, 0.25) is 0 Å². The van der Waals surface area contributed by atoms with Crippen LogP contribution in [0.5, 0.6) is 0 Å². The van der Waals surface area contributed by atoms with E-state index in [0.29, 0.717) is 0 Å². The third-order valence-corrected chi connectivity index (χ3v) is 3.51. The molecule has 0 fully saturated rings. The van der Waals surface area contributed by atoms with E-state index in [1.165, 1.54) is 12.8 Å².